The van der Waals surface area contributed by atoms with E-state index in [1.807, 2.05) is 0 Å². The number of anilines is 3. The Kier molecular flexibility index (Phi) is 4.87. The van der Waals surface area contributed by atoms with Gasteiger partial charge in [-0.3, -0.25) is 0 Å². The monoisotopic (exact) mass is 355 g/mol. The summed E-state index contributed by atoms with van der Waals surface area (Å²) in [5, 5.41) is 6.64. The zero-order valence-electron chi connectivity index (χ0n) is 12.8. The highest BCUT2D eigenvalue weighted by atomic mass is 35.5. The molecular weight excluding hydrogens is 339 g/mol. The molecule has 3 rings (SSSR count). The predicted molar refractivity (Wildman–Crippen MR) is 91.3 cm³/mol. The van der Waals surface area contributed by atoms with Crippen LogP contribution in [0.5, 0.6) is 0 Å². The van der Waals surface area contributed by atoms with Crippen LogP contribution in [-0.4, -0.2) is 26.2 Å². The van der Waals surface area contributed by atoms with E-state index in [1.165, 1.54) is 6.07 Å². The number of hydrogen-bond donors (Lipinski definition) is 2. The lowest BCUT2D eigenvalue weighted by Gasteiger charge is -2.31. The Bertz CT molecular complexity index is 712. The van der Waals surface area contributed by atoms with Crippen LogP contribution in [0.3, 0.4) is 0 Å². The molecule has 3 nitrogen and oxygen atoms in total. The SMILES string of the molecule is FC(F)(F)c1cc(Nc2cccc(Cl)c2)ccc1N1CCNCC1. The lowest BCUT2D eigenvalue weighted by molar-refractivity contribution is -0.137. The molecule has 1 aliphatic rings. The molecule has 0 aliphatic carbocycles. The third-order valence-electron chi connectivity index (χ3n) is 3.87. The van der Waals surface area contributed by atoms with Crippen molar-refractivity contribution in [2.45, 2.75) is 6.18 Å². The average Bonchev–Trinajstić information content (AvgIpc) is 2.55. The van der Waals surface area contributed by atoms with Gasteiger partial charge >= 0.3 is 6.18 Å². The molecule has 128 valence electrons. The third-order valence-corrected chi connectivity index (χ3v) is 4.11. The highest BCUT2D eigenvalue weighted by Gasteiger charge is 2.35. The quantitative estimate of drug-likeness (QED) is 0.848. The van der Waals surface area contributed by atoms with Crippen LogP contribution in [0.15, 0.2) is 42.5 Å². The van der Waals surface area contributed by atoms with E-state index in [4.69, 9.17) is 11.6 Å². The Morgan fingerprint density at radius 2 is 1.71 bits per heavy atom. The second-order valence-corrected chi connectivity index (χ2v) is 6.04. The molecule has 2 aromatic carbocycles. The first kappa shape index (κ1) is 16.9. The molecule has 2 aromatic rings. The highest BCUT2D eigenvalue weighted by Crippen LogP contribution is 2.39. The average molecular weight is 356 g/mol. The topological polar surface area (TPSA) is 27.3 Å². The van der Waals surface area contributed by atoms with E-state index in [9.17, 15) is 13.2 Å². The molecule has 1 fully saturated rings. The Morgan fingerprint density at radius 3 is 2.38 bits per heavy atom. The molecule has 0 amide bonds. The van der Waals surface area contributed by atoms with E-state index in [-0.39, 0.29) is 5.69 Å². The summed E-state index contributed by atoms with van der Waals surface area (Å²) >= 11 is 5.91. The molecule has 0 atom stereocenters. The van der Waals surface area contributed by atoms with Gasteiger partial charge in [0.25, 0.3) is 0 Å². The molecule has 1 aliphatic heterocycles. The number of hydrogen-bond acceptors (Lipinski definition) is 3. The van der Waals surface area contributed by atoms with Gasteiger partial charge in [0.1, 0.15) is 0 Å². The summed E-state index contributed by atoms with van der Waals surface area (Å²) in [5.74, 6) is 0. The van der Waals surface area contributed by atoms with Crippen molar-refractivity contribution in [3.8, 4) is 0 Å². The van der Waals surface area contributed by atoms with Gasteiger partial charge in [-0.15, -0.1) is 0 Å². The fraction of sp³-hybridized carbons (Fsp3) is 0.294. The molecule has 0 unspecified atom stereocenters. The first-order chi connectivity index (χ1) is 11.4. The van der Waals surface area contributed by atoms with E-state index in [2.05, 4.69) is 10.6 Å². The van der Waals surface area contributed by atoms with Crippen LogP contribution in [-0.2, 0) is 6.18 Å². The fourth-order valence-corrected chi connectivity index (χ4v) is 2.95. The third kappa shape index (κ3) is 3.94. The number of piperazine rings is 1. The van der Waals surface area contributed by atoms with Gasteiger partial charge in [0.15, 0.2) is 0 Å². The Morgan fingerprint density at radius 1 is 1.00 bits per heavy atom. The molecule has 1 saturated heterocycles. The molecule has 24 heavy (non-hydrogen) atoms. The Balaban J connectivity index is 1.92. The standard InChI is InChI=1S/C17H17ClF3N3/c18-12-2-1-3-13(10-12)23-14-4-5-16(15(11-14)17(19,20)21)24-8-6-22-7-9-24/h1-5,10-11,22-23H,6-9H2. The number of benzene rings is 2. The number of alkyl halides is 3. The van der Waals surface area contributed by atoms with Gasteiger partial charge in [-0.2, -0.15) is 13.2 Å². The van der Waals surface area contributed by atoms with Gasteiger partial charge in [-0.05, 0) is 36.4 Å². The van der Waals surface area contributed by atoms with Crippen molar-refractivity contribution in [1.82, 2.24) is 5.32 Å². The minimum Gasteiger partial charge on any atom is -0.368 e. The molecule has 0 radical (unpaired) electrons. The van der Waals surface area contributed by atoms with Crippen LogP contribution in [0.4, 0.5) is 30.2 Å². The van der Waals surface area contributed by atoms with Crippen molar-refractivity contribution in [2.24, 2.45) is 0 Å². The van der Waals surface area contributed by atoms with Crippen molar-refractivity contribution in [3.05, 3.63) is 53.1 Å². The zero-order valence-corrected chi connectivity index (χ0v) is 13.6. The second kappa shape index (κ2) is 6.91. The largest absolute Gasteiger partial charge is 0.418 e. The minimum absolute atomic E-state index is 0.223. The zero-order chi connectivity index (χ0) is 17.2. The summed E-state index contributed by atoms with van der Waals surface area (Å²) in [7, 11) is 0. The summed E-state index contributed by atoms with van der Waals surface area (Å²) in [6.45, 7) is 2.48. The minimum atomic E-state index is -4.41. The Labute approximate surface area is 143 Å². The summed E-state index contributed by atoms with van der Waals surface area (Å²) < 4.78 is 40.5. The summed E-state index contributed by atoms with van der Waals surface area (Å²) in [6.07, 6.45) is -4.41. The first-order valence-electron chi connectivity index (χ1n) is 7.63. The number of nitrogens with zero attached hydrogens (tertiary/aromatic N) is 1. The van der Waals surface area contributed by atoms with Crippen LogP contribution in [0, 0.1) is 0 Å². The summed E-state index contributed by atoms with van der Waals surface area (Å²) in [4.78, 5) is 1.77. The number of rotatable bonds is 3. The molecule has 1 heterocycles. The molecular formula is C17H17ClF3N3. The molecule has 7 heteroatoms. The van der Waals surface area contributed by atoms with Crippen molar-refractivity contribution in [1.29, 1.82) is 0 Å². The van der Waals surface area contributed by atoms with E-state index in [1.54, 1.807) is 35.2 Å². The maximum atomic E-state index is 13.5. The highest BCUT2D eigenvalue weighted by molar-refractivity contribution is 6.30. The Hall–Kier alpha value is -1.92. The van der Waals surface area contributed by atoms with Crippen LogP contribution in [0.1, 0.15) is 5.56 Å². The number of halogens is 4. The van der Waals surface area contributed by atoms with Crippen molar-refractivity contribution in [3.63, 3.8) is 0 Å². The van der Waals surface area contributed by atoms with Gasteiger partial charge in [0.2, 0.25) is 0 Å². The predicted octanol–water partition coefficient (Wildman–Crippen LogP) is 4.51. The summed E-state index contributed by atoms with van der Waals surface area (Å²) in [6, 6.07) is 11.2. The molecule has 0 bridgehead atoms. The van der Waals surface area contributed by atoms with Gasteiger partial charge in [-0.1, -0.05) is 17.7 Å². The van der Waals surface area contributed by atoms with Crippen LogP contribution >= 0.6 is 11.6 Å². The van der Waals surface area contributed by atoms with E-state index < -0.39 is 11.7 Å². The normalized spacial score (nSPS) is 15.4. The van der Waals surface area contributed by atoms with Gasteiger partial charge in [0.05, 0.1) is 5.56 Å². The van der Waals surface area contributed by atoms with Crippen molar-refractivity contribution >= 4 is 28.7 Å². The number of nitrogens with one attached hydrogen (secondary N) is 2. The first-order valence-corrected chi connectivity index (χ1v) is 8.01. The van der Waals surface area contributed by atoms with E-state index >= 15 is 0 Å². The molecule has 0 saturated carbocycles. The van der Waals surface area contributed by atoms with Crippen molar-refractivity contribution in [2.75, 3.05) is 36.4 Å². The van der Waals surface area contributed by atoms with Crippen LogP contribution < -0.4 is 15.5 Å². The van der Waals surface area contributed by atoms with Crippen molar-refractivity contribution < 1.29 is 13.2 Å². The molecule has 0 spiro atoms. The maximum absolute atomic E-state index is 13.5. The van der Waals surface area contributed by atoms with Gasteiger partial charge in [0, 0.05) is 48.3 Å². The fourth-order valence-electron chi connectivity index (χ4n) is 2.76. The van der Waals surface area contributed by atoms with Crippen LogP contribution in [0.2, 0.25) is 5.02 Å². The molecule has 2 N–H and O–H groups in total. The van der Waals surface area contributed by atoms with Gasteiger partial charge < -0.3 is 15.5 Å². The summed E-state index contributed by atoms with van der Waals surface area (Å²) in [5.41, 5.74) is 0.617. The van der Waals surface area contributed by atoms with E-state index in [0.29, 0.717) is 42.6 Å². The second-order valence-electron chi connectivity index (χ2n) is 5.60. The smallest absolute Gasteiger partial charge is 0.368 e. The maximum Gasteiger partial charge on any atom is 0.418 e. The lowest BCUT2D eigenvalue weighted by atomic mass is 10.1. The van der Waals surface area contributed by atoms with Crippen LogP contribution in [0.25, 0.3) is 0 Å². The lowest BCUT2D eigenvalue weighted by Crippen LogP contribution is -2.44. The molecule has 0 aromatic heterocycles. The van der Waals surface area contributed by atoms with E-state index in [0.717, 1.165) is 6.07 Å². The van der Waals surface area contributed by atoms with Gasteiger partial charge in [-0.25, -0.2) is 0 Å².